The van der Waals surface area contributed by atoms with Crippen LogP contribution in [0.25, 0.3) is 10.1 Å². The summed E-state index contributed by atoms with van der Waals surface area (Å²) in [6.07, 6.45) is 3.80. The van der Waals surface area contributed by atoms with Crippen LogP contribution in [0.1, 0.15) is 30.4 Å². The third-order valence-electron chi connectivity index (χ3n) is 5.73. The number of hydrogen-bond donors (Lipinski definition) is 1. The van der Waals surface area contributed by atoms with E-state index in [1.54, 1.807) is 11.3 Å². The molecule has 3 aromatic rings. The molecule has 0 bridgehead atoms. The molecule has 30 heavy (non-hydrogen) atoms. The maximum Gasteiger partial charge on any atom is 0.135 e. The molecule has 1 aliphatic heterocycles. The molecule has 2 atom stereocenters. The van der Waals surface area contributed by atoms with Crippen LogP contribution in [-0.2, 0) is 17.5 Å². The van der Waals surface area contributed by atoms with Gasteiger partial charge in [-0.3, -0.25) is 4.90 Å². The highest BCUT2D eigenvalue weighted by atomic mass is 35.5. The first-order valence-electron chi connectivity index (χ1n) is 10.4. The lowest BCUT2D eigenvalue weighted by molar-refractivity contribution is 0.302. The van der Waals surface area contributed by atoms with E-state index in [2.05, 4.69) is 33.9 Å². The van der Waals surface area contributed by atoms with Crippen molar-refractivity contribution < 1.29 is 8.95 Å². The van der Waals surface area contributed by atoms with Crippen molar-refractivity contribution in [2.24, 2.45) is 0 Å². The summed E-state index contributed by atoms with van der Waals surface area (Å²) in [5.41, 5.74) is 2.35. The summed E-state index contributed by atoms with van der Waals surface area (Å²) in [6, 6.07) is 14.5. The van der Waals surface area contributed by atoms with Gasteiger partial charge in [-0.2, -0.15) is 0 Å². The lowest BCUT2D eigenvalue weighted by atomic mass is 10.2. The van der Waals surface area contributed by atoms with E-state index in [0.29, 0.717) is 11.1 Å². The summed E-state index contributed by atoms with van der Waals surface area (Å²) in [6.45, 7) is 4.86. The molecule has 1 saturated heterocycles. The zero-order valence-electron chi connectivity index (χ0n) is 16.9. The van der Waals surface area contributed by atoms with Crippen molar-refractivity contribution in [1.82, 2.24) is 9.62 Å². The van der Waals surface area contributed by atoms with Gasteiger partial charge in [0.05, 0.1) is 6.10 Å². The molecule has 0 spiro atoms. The predicted octanol–water partition coefficient (Wildman–Crippen LogP) is 5.29. The lowest BCUT2D eigenvalue weighted by Crippen LogP contribution is -2.33. The number of rotatable bonds is 7. The van der Waals surface area contributed by atoms with Crippen molar-refractivity contribution in [2.75, 3.05) is 13.1 Å². The average Bonchev–Trinajstić information content (AvgIpc) is 3.35. The van der Waals surface area contributed by atoms with Crippen LogP contribution in [0.5, 0.6) is 5.75 Å². The number of nitrogens with zero attached hydrogens (tertiary/aromatic N) is 1. The van der Waals surface area contributed by atoms with Crippen LogP contribution >= 0.6 is 22.9 Å². The fourth-order valence-corrected chi connectivity index (χ4v) is 6.73. The van der Waals surface area contributed by atoms with Gasteiger partial charge in [-0.05, 0) is 73.0 Å². The van der Waals surface area contributed by atoms with Crippen molar-refractivity contribution in [1.29, 1.82) is 0 Å². The SMILES string of the molecule is Cc1c(S(=O)NC2CCN(Cc3ccc(OC4CC4)cc3)C2)sc2ccc(Cl)cc12. The van der Waals surface area contributed by atoms with Crippen LogP contribution in [-0.4, -0.2) is 34.3 Å². The zero-order chi connectivity index (χ0) is 20.7. The third kappa shape index (κ3) is 4.58. The van der Waals surface area contributed by atoms with Crippen LogP contribution in [0.2, 0.25) is 5.02 Å². The number of nitrogens with one attached hydrogen (secondary N) is 1. The molecule has 2 fully saturated rings. The van der Waals surface area contributed by atoms with Crippen molar-refractivity contribution >= 4 is 44.0 Å². The Labute approximate surface area is 188 Å². The first-order chi connectivity index (χ1) is 14.5. The highest BCUT2D eigenvalue weighted by molar-refractivity contribution is 7.85. The van der Waals surface area contributed by atoms with Crippen molar-refractivity contribution in [3.05, 3.63) is 58.6 Å². The molecule has 1 aliphatic carbocycles. The smallest absolute Gasteiger partial charge is 0.135 e. The second-order valence-corrected chi connectivity index (χ2v) is 11.2. The number of hydrogen-bond acceptors (Lipinski definition) is 4. The second-order valence-electron chi connectivity index (χ2n) is 8.22. The van der Waals surface area contributed by atoms with E-state index in [1.165, 1.54) is 18.4 Å². The topological polar surface area (TPSA) is 41.6 Å². The molecule has 2 aliphatic rings. The number of thiophene rings is 1. The van der Waals surface area contributed by atoms with E-state index in [4.69, 9.17) is 16.3 Å². The van der Waals surface area contributed by atoms with Crippen molar-refractivity contribution in [3.63, 3.8) is 0 Å². The normalized spacial score (nSPS) is 20.7. The van der Waals surface area contributed by atoms with E-state index in [1.807, 2.05) is 25.1 Å². The number of aryl methyl sites for hydroxylation is 1. The van der Waals surface area contributed by atoms with E-state index < -0.39 is 11.0 Å². The van der Waals surface area contributed by atoms with Gasteiger partial charge in [0.15, 0.2) is 0 Å². The van der Waals surface area contributed by atoms with Crippen LogP contribution in [0, 0.1) is 6.92 Å². The summed E-state index contributed by atoms with van der Waals surface area (Å²) in [4.78, 5) is 2.42. The number of likely N-dealkylation sites (tertiary alicyclic amines) is 1. The molecule has 158 valence electrons. The van der Waals surface area contributed by atoms with Gasteiger partial charge >= 0.3 is 0 Å². The maximum absolute atomic E-state index is 13.0. The van der Waals surface area contributed by atoms with Crippen LogP contribution < -0.4 is 9.46 Å². The maximum atomic E-state index is 13.0. The minimum Gasteiger partial charge on any atom is -0.490 e. The molecule has 2 aromatic carbocycles. The van der Waals surface area contributed by atoms with Crippen LogP contribution in [0.4, 0.5) is 0 Å². The molecule has 2 heterocycles. The summed E-state index contributed by atoms with van der Waals surface area (Å²) in [7, 11) is -1.21. The van der Waals surface area contributed by atoms with Gasteiger partial charge in [0.1, 0.15) is 20.9 Å². The zero-order valence-corrected chi connectivity index (χ0v) is 19.3. The Morgan fingerprint density at radius 1 is 1.20 bits per heavy atom. The standard InChI is InChI=1S/C23H25ClN2O2S2/c1-15-21-12-17(24)4-9-22(21)29-23(15)30(27)25-18-10-11-26(14-18)13-16-2-5-19(6-3-16)28-20-7-8-20/h2-6,9,12,18,20,25H,7-8,10-11,13-14H2,1H3. The van der Waals surface area contributed by atoms with E-state index in [9.17, 15) is 4.21 Å². The molecule has 0 amide bonds. The molecule has 5 rings (SSSR count). The van der Waals surface area contributed by atoms with Gasteiger partial charge in [-0.1, -0.05) is 23.7 Å². The number of ether oxygens (including phenoxy) is 1. The monoisotopic (exact) mass is 460 g/mol. The predicted molar refractivity (Wildman–Crippen MR) is 125 cm³/mol. The Hall–Kier alpha value is -1.44. The molecule has 1 saturated carbocycles. The van der Waals surface area contributed by atoms with Gasteiger partial charge in [-0.25, -0.2) is 8.93 Å². The molecule has 7 heteroatoms. The highest BCUT2D eigenvalue weighted by Crippen LogP contribution is 2.34. The Morgan fingerprint density at radius 2 is 2.00 bits per heavy atom. The Morgan fingerprint density at radius 3 is 2.77 bits per heavy atom. The first kappa shape index (κ1) is 20.5. The molecule has 1 N–H and O–H groups in total. The Balaban J connectivity index is 1.18. The van der Waals surface area contributed by atoms with Crippen molar-refractivity contribution in [3.8, 4) is 5.75 Å². The second kappa shape index (κ2) is 8.60. The fourth-order valence-electron chi connectivity index (χ4n) is 3.93. The third-order valence-corrected chi connectivity index (χ3v) is 8.92. The fraction of sp³-hybridized carbons (Fsp3) is 0.391. The largest absolute Gasteiger partial charge is 0.490 e. The van der Waals surface area contributed by atoms with Gasteiger partial charge < -0.3 is 4.74 Å². The van der Waals surface area contributed by atoms with Crippen LogP contribution in [0.3, 0.4) is 0 Å². The molecule has 1 aromatic heterocycles. The van der Waals surface area contributed by atoms with E-state index >= 15 is 0 Å². The summed E-state index contributed by atoms with van der Waals surface area (Å²) in [5.74, 6) is 0.970. The van der Waals surface area contributed by atoms with Gasteiger partial charge in [-0.15, -0.1) is 11.3 Å². The summed E-state index contributed by atoms with van der Waals surface area (Å²) >= 11 is 7.72. The molecule has 4 nitrogen and oxygen atoms in total. The minimum atomic E-state index is -1.21. The summed E-state index contributed by atoms with van der Waals surface area (Å²) in [5, 5.41) is 1.81. The average molecular weight is 461 g/mol. The Bertz CT molecular complexity index is 1080. The minimum absolute atomic E-state index is 0.233. The molecule has 2 unspecified atom stereocenters. The summed E-state index contributed by atoms with van der Waals surface area (Å²) < 4.78 is 24.2. The molecular weight excluding hydrogens is 436 g/mol. The van der Waals surface area contributed by atoms with E-state index in [0.717, 1.165) is 51.7 Å². The van der Waals surface area contributed by atoms with Gasteiger partial charge in [0.2, 0.25) is 0 Å². The number of benzene rings is 2. The first-order valence-corrected chi connectivity index (χ1v) is 12.7. The van der Waals surface area contributed by atoms with Crippen molar-refractivity contribution in [2.45, 2.75) is 49.1 Å². The Kier molecular flexibility index (Phi) is 5.86. The quantitative estimate of drug-likeness (QED) is 0.520. The number of halogens is 1. The van der Waals surface area contributed by atoms with E-state index in [-0.39, 0.29) is 6.04 Å². The number of fused-ring (bicyclic) bond motifs is 1. The van der Waals surface area contributed by atoms with Gasteiger partial charge in [0.25, 0.3) is 0 Å². The van der Waals surface area contributed by atoms with Gasteiger partial charge in [0, 0.05) is 35.4 Å². The highest BCUT2D eigenvalue weighted by Gasteiger charge is 2.26. The molecule has 0 radical (unpaired) electrons. The lowest BCUT2D eigenvalue weighted by Gasteiger charge is -2.17. The molecular formula is C23H25ClN2O2S2. The van der Waals surface area contributed by atoms with Crippen LogP contribution in [0.15, 0.2) is 46.7 Å².